The Labute approximate surface area is 129 Å². The maximum absolute atomic E-state index is 12.9. The number of aromatic nitrogens is 1. The lowest BCUT2D eigenvalue weighted by atomic mass is 9.98. The van der Waals surface area contributed by atoms with Gasteiger partial charge in [0.15, 0.2) is 5.78 Å². The molecule has 0 fully saturated rings. The van der Waals surface area contributed by atoms with Crippen LogP contribution in [-0.4, -0.2) is 10.8 Å². The summed E-state index contributed by atoms with van der Waals surface area (Å²) in [6.45, 7) is 0. The van der Waals surface area contributed by atoms with Crippen molar-refractivity contribution in [2.75, 3.05) is 0 Å². The lowest BCUT2D eigenvalue weighted by molar-refractivity contribution is 0.103. The molecule has 1 heterocycles. The van der Waals surface area contributed by atoms with E-state index in [4.69, 9.17) is 0 Å². The smallest absolute Gasteiger partial charge is 0.195 e. The maximum Gasteiger partial charge on any atom is 0.195 e. The average Bonchev–Trinajstić information content (AvgIpc) is 2.73. The quantitative estimate of drug-likeness (QED) is 0.674. The van der Waals surface area contributed by atoms with Gasteiger partial charge in [0.1, 0.15) is 0 Å². The van der Waals surface area contributed by atoms with Gasteiger partial charge < -0.3 is 0 Å². The average molecular weight is 285 g/mol. The number of nitrogens with zero attached hydrogens (tertiary/aromatic N) is 1. The number of hydrogen-bond donors (Lipinski definition) is 0. The Hall–Kier alpha value is -2.74. The molecule has 1 aliphatic rings. The molecule has 0 amide bonds. The summed E-state index contributed by atoms with van der Waals surface area (Å²) in [6.07, 6.45) is 3.55. The number of carbonyl (C=O) groups is 1. The second-order valence-electron chi connectivity index (χ2n) is 5.57. The Morgan fingerprint density at radius 1 is 0.773 bits per heavy atom. The molecule has 0 N–H and O–H groups in total. The van der Waals surface area contributed by atoms with Crippen molar-refractivity contribution in [1.29, 1.82) is 0 Å². The third kappa shape index (κ3) is 2.13. The first-order valence-electron chi connectivity index (χ1n) is 7.50. The van der Waals surface area contributed by atoms with Crippen LogP contribution in [-0.2, 0) is 12.8 Å². The molecule has 0 radical (unpaired) electrons. The van der Waals surface area contributed by atoms with Gasteiger partial charge >= 0.3 is 0 Å². The van der Waals surface area contributed by atoms with Crippen LogP contribution in [0.2, 0.25) is 0 Å². The van der Waals surface area contributed by atoms with Gasteiger partial charge in [0.25, 0.3) is 0 Å². The Bertz CT molecular complexity index is 853. The van der Waals surface area contributed by atoms with E-state index in [2.05, 4.69) is 4.98 Å². The normalized spacial score (nSPS) is 13.2. The van der Waals surface area contributed by atoms with Crippen LogP contribution in [0.25, 0.3) is 11.1 Å². The second-order valence-corrected chi connectivity index (χ2v) is 5.57. The fourth-order valence-electron chi connectivity index (χ4n) is 3.04. The molecule has 4 rings (SSSR count). The molecule has 2 nitrogen and oxygen atoms in total. The van der Waals surface area contributed by atoms with Gasteiger partial charge in [-0.25, -0.2) is 0 Å². The summed E-state index contributed by atoms with van der Waals surface area (Å²) in [7, 11) is 0. The minimum atomic E-state index is 0.0911. The number of hydrogen-bond acceptors (Lipinski definition) is 2. The molecule has 106 valence electrons. The van der Waals surface area contributed by atoms with Gasteiger partial charge in [0.05, 0.1) is 5.69 Å². The summed E-state index contributed by atoms with van der Waals surface area (Å²) >= 11 is 0. The van der Waals surface area contributed by atoms with E-state index in [1.54, 1.807) is 0 Å². The lowest BCUT2D eigenvalue weighted by Crippen LogP contribution is -2.05. The largest absolute Gasteiger partial charge is 0.289 e. The van der Waals surface area contributed by atoms with Crippen LogP contribution in [0.4, 0.5) is 0 Å². The Morgan fingerprint density at radius 3 is 2.41 bits per heavy atom. The lowest BCUT2D eigenvalue weighted by Gasteiger charge is -2.08. The number of ketones is 1. The summed E-state index contributed by atoms with van der Waals surface area (Å²) in [6, 6.07) is 19.9. The molecule has 0 saturated heterocycles. The standard InChI is InChI=1S/C20H15NO/c22-20-17-9-5-4-8-15(17)10-11-19-18(20)12-16(13-21-19)14-6-2-1-3-7-14/h1-9,12-13H,10-11H2. The zero-order chi connectivity index (χ0) is 14.9. The fraction of sp³-hybridized carbons (Fsp3) is 0.100. The van der Waals surface area contributed by atoms with E-state index in [0.717, 1.165) is 46.4 Å². The third-order valence-electron chi connectivity index (χ3n) is 4.22. The van der Waals surface area contributed by atoms with Crippen molar-refractivity contribution >= 4 is 5.78 Å². The Balaban J connectivity index is 1.86. The summed E-state index contributed by atoms with van der Waals surface area (Å²) in [4.78, 5) is 17.4. The molecule has 0 spiro atoms. The van der Waals surface area contributed by atoms with Gasteiger partial charge in [-0.2, -0.15) is 0 Å². The molecule has 22 heavy (non-hydrogen) atoms. The minimum Gasteiger partial charge on any atom is -0.289 e. The van der Waals surface area contributed by atoms with Crippen molar-refractivity contribution in [3.63, 3.8) is 0 Å². The van der Waals surface area contributed by atoms with Crippen molar-refractivity contribution < 1.29 is 4.79 Å². The summed E-state index contributed by atoms with van der Waals surface area (Å²) in [5, 5.41) is 0. The topological polar surface area (TPSA) is 30.0 Å². The van der Waals surface area contributed by atoms with Crippen molar-refractivity contribution in [3.05, 3.63) is 89.2 Å². The van der Waals surface area contributed by atoms with Crippen LogP contribution >= 0.6 is 0 Å². The van der Waals surface area contributed by atoms with Gasteiger partial charge in [-0.3, -0.25) is 9.78 Å². The van der Waals surface area contributed by atoms with E-state index in [0.29, 0.717) is 0 Å². The molecule has 0 saturated carbocycles. The van der Waals surface area contributed by atoms with E-state index < -0.39 is 0 Å². The molecule has 0 aliphatic heterocycles. The molecule has 1 aliphatic carbocycles. The van der Waals surface area contributed by atoms with Gasteiger partial charge in [0.2, 0.25) is 0 Å². The molecule has 0 unspecified atom stereocenters. The van der Waals surface area contributed by atoms with Crippen molar-refractivity contribution in [3.8, 4) is 11.1 Å². The SMILES string of the molecule is O=C1c2ccccc2CCc2ncc(-c3ccccc3)cc21. The minimum absolute atomic E-state index is 0.0911. The highest BCUT2D eigenvalue weighted by Crippen LogP contribution is 2.27. The van der Waals surface area contributed by atoms with Crippen LogP contribution in [0.5, 0.6) is 0 Å². The van der Waals surface area contributed by atoms with Gasteiger partial charge in [-0.05, 0) is 30.0 Å². The Kier molecular flexibility index (Phi) is 3.08. The van der Waals surface area contributed by atoms with Crippen LogP contribution in [0, 0.1) is 0 Å². The van der Waals surface area contributed by atoms with Gasteiger partial charge in [-0.15, -0.1) is 0 Å². The predicted octanol–water partition coefficient (Wildman–Crippen LogP) is 4.08. The number of carbonyl (C=O) groups excluding carboxylic acids is 1. The van der Waals surface area contributed by atoms with Gasteiger partial charge in [-0.1, -0.05) is 54.6 Å². The van der Waals surface area contributed by atoms with Crippen molar-refractivity contribution in [1.82, 2.24) is 4.98 Å². The number of pyridine rings is 1. The summed E-state index contributed by atoms with van der Waals surface area (Å²) in [5.41, 5.74) is 5.66. The number of benzene rings is 2. The second kappa shape index (κ2) is 5.23. The molecular weight excluding hydrogens is 270 g/mol. The van der Waals surface area contributed by atoms with Crippen molar-refractivity contribution in [2.24, 2.45) is 0 Å². The maximum atomic E-state index is 12.9. The Morgan fingerprint density at radius 2 is 1.55 bits per heavy atom. The highest BCUT2D eigenvalue weighted by atomic mass is 16.1. The monoisotopic (exact) mass is 285 g/mol. The van der Waals surface area contributed by atoms with Crippen LogP contribution < -0.4 is 0 Å². The zero-order valence-corrected chi connectivity index (χ0v) is 12.1. The third-order valence-corrected chi connectivity index (χ3v) is 4.22. The first kappa shape index (κ1) is 13.0. The van der Waals surface area contributed by atoms with Gasteiger partial charge in [0, 0.05) is 22.9 Å². The first-order chi connectivity index (χ1) is 10.8. The molecule has 1 aromatic heterocycles. The predicted molar refractivity (Wildman–Crippen MR) is 87.0 cm³/mol. The number of rotatable bonds is 1. The first-order valence-corrected chi connectivity index (χ1v) is 7.50. The van der Waals surface area contributed by atoms with Crippen LogP contribution in [0.15, 0.2) is 66.9 Å². The van der Waals surface area contributed by atoms with E-state index in [-0.39, 0.29) is 5.78 Å². The molecule has 0 bridgehead atoms. The molecule has 0 atom stereocenters. The summed E-state index contributed by atoms with van der Waals surface area (Å²) in [5.74, 6) is 0.0911. The van der Waals surface area contributed by atoms with E-state index in [1.807, 2.05) is 66.9 Å². The molecule has 2 heteroatoms. The molecule has 3 aromatic rings. The van der Waals surface area contributed by atoms with Crippen LogP contribution in [0.1, 0.15) is 27.2 Å². The zero-order valence-electron chi connectivity index (χ0n) is 12.1. The van der Waals surface area contributed by atoms with Crippen LogP contribution in [0.3, 0.4) is 0 Å². The number of aryl methyl sites for hydroxylation is 2. The number of fused-ring (bicyclic) bond motifs is 2. The molecule has 2 aromatic carbocycles. The van der Waals surface area contributed by atoms with E-state index in [1.165, 1.54) is 0 Å². The van der Waals surface area contributed by atoms with Crippen molar-refractivity contribution in [2.45, 2.75) is 12.8 Å². The summed E-state index contributed by atoms with van der Waals surface area (Å²) < 4.78 is 0. The fourth-order valence-corrected chi connectivity index (χ4v) is 3.04. The molecular formula is C20H15NO. The van der Waals surface area contributed by atoms with E-state index >= 15 is 0 Å². The van der Waals surface area contributed by atoms with E-state index in [9.17, 15) is 4.79 Å². The highest BCUT2D eigenvalue weighted by Gasteiger charge is 2.22. The highest BCUT2D eigenvalue weighted by molar-refractivity contribution is 6.11.